The van der Waals surface area contributed by atoms with Gasteiger partial charge in [0.15, 0.2) is 5.78 Å². The van der Waals surface area contributed by atoms with Crippen LogP contribution in [0.5, 0.6) is 5.75 Å². The van der Waals surface area contributed by atoms with Gasteiger partial charge in [0.05, 0.1) is 17.5 Å². The number of ketones is 1. The zero-order chi connectivity index (χ0) is 40.3. The molecule has 2 rings (SSSR count). The smallest absolute Gasteiger partial charge is 0.306 e. The molecule has 12 N–H and O–H groups in total. The Morgan fingerprint density at radius 3 is 2.07 bits per heavy atom. The average molecular weight is 758 g/mol. The van der Waals surface area contributed by atoms with Crippen molar-refractivity contribution in [2.45, 2.75) is 134 Å². The van der Waals surface area contributed by atoms with Gasteiger partial charge in [-0.3, -0.25) is 28.8 Å². The van der Waals surface area contributed by atoms with E-state index in [9.17, 15) is 39.0 Å². The van der Waals surface area contributed by atoms with Gasteiger partial charge in [-0.15, -0.1) is 0 Å². The minimum absolute atomic E-state index is 0.0128. The first-order valence-electron chi connectivity index (χ1n) is 19.2. The first kappa shape index (κ1) is 45.8. The highest BCUT2D eigenvalue weighted by atomic mass is 16.4. The van der Waals surface area contributed by atoms with Gasteiger partial charge in [-0.1, -0.05) is 38.1 Å². The third kappa shape index (κ3) is 16.4. The maximum Gasteiger partial charge on any atom is 0.306 e. The predicted molar refractivity (Wildman–Crippen MR) is 206 cm³/mol. The quantitative estimate of drug-likeness (QED) is 0.0768. The Bertz CT molecular complexity index is 1420. The molecule has 0 saturated heterocycles. The number of Topliss-reactive ketones (excluding diaryl/α,β-unsaturated/α-hetero) is 1. The number of rotatable bonds is 18. The van der Waals surface area contributed by atoms with Crippen LogP contribution in [-0.4, -0.2) is 88.4 Å². The van der Waals surface area contributed by atoms with Gasteiger partial charge in [-0.05, 0) is 121 Å². The third-order valence-electron chi connectivity index (χ3n) is 9.54. The van der Waals surface area contributed by atoms with Crippen LogP contribution in [0, 0.1) is 11.8 Å². The summed E-state index contributed by atoms with van der Waals surface area (Å²) in [6, 6.07) is 1.73. The summed E-state index contributed by atoms with van der Waals surface area (Å²) < 4.78 is 0. The molecule has 302 valence electrons. The SMILES string of the molecule is CC(C)C[C@H](CC(=O)[C@H](Cc1ccc(O)cc1)NC(=O)[C@@H]1CC=CCCC[C@](C)(N)C(=O)N[C@@H](CCCCN)C(=O)N[C@@H](CCCCN)C(=O)N1)C(=O)O. The number of carbonyl (C=O) groups excluding carboxylic acids is 5. The highest BCUT2D eigenvalue weighted by Crippen LogP contribution is 2.20. The Kier molecular flexibility index (Phi) is 19.9. The molecule has 0 saturated carbocycles. The molecular formula is C39H63N7O8. The van der Waals surface area contributed by atoms with Crippen LogP contribution in [0.2, 0.25) is 0 Å². The van der Waals surface area contributed by atoms with E-state index in [1.807, 2.05) is 19.9 Å². The number of aliphatic carboxylic acids is 1. The van der Waals surface area contributed by atoms with Crippen LogP contribution in [0.15, 0.2) is 36.4 Å². The number of aromatic hydroxyl groups is 1. The fourth-order valence-electron chi connectivity index (χ4n) is 6.28. The number of phenols is 1. The van der Waals surface area contributed by atoms with E-state index in [2.05, 4.69) is 21.3 Å². The highest BCUT2D eigenvalue weighted by Gasteiger charge is 2.35. The van der Waals surface area contributed by atoms with Gasteiger partial charge in [-0.2, -0.15) is 0 Å². The van der Waals surface area contributed by atoms with Gasteiger partial charge >= 0.3 is 5.97 Å². The molecule has 0 aliphatic carbocycles. The number of hydrogen-bond donors (Lipinski definition) is 9. The van der Waals surface area contributed by atoms with E-state index in [1.54, 1.807) is 25.1 Å². The van der Waals surface area contributed by atoms with Crippen molar-refractivity contribution in [1.29, 1.82) is 0 Å². The van der Waals surface area contributed by atoms with Crippen LogP contribution in [0.4, 0.5) is 0 Å². The lowest BCUT2D eigenvalue weighted by atomic mass is 9.89. The summed E-state index contributed by atoms with van der Waals surface area (Å²) >= 11 is 0. The molecule has 0 radical (unpaired) electrons. The number of phenolic OH excluding ortho intramolecular Hbond substituents is 1. The Labute approximate surface area is 319 Å². The van der Waals surface area contributed by atoms with Gasteiger partial charge in [0.25, 0.3) is 0 Å². The Morgan fingerprint density at radius 1 is 0.907 bits per heavy atom. The summed E-state index contributed by atoms with van der Waals surface area (Å²) in [6.07, 6.45) is 7.60. The highest BCUT2D eigenvalue weighted by molar-refractivity contribution is 5.97. The maximum atomic E-state index is 14.0. The van der Waals surface area contributed by atoms with E-state index in [4.69, 9.17) is 17.2 Å². The molecule has 1 aromatic carbocycles. The molecule has 6 atom stereocenters. The molecule has 0 aromatic heterocycles. The lowest BCUT2D eigenvalue weighted by Crippen LogP contribution is -2.60. The standard InChI is InChI=1S/C39H63N7O8/c1-25(2)22-27(37(52)53)24-33(48)32(23-26-15-17-28(47)18-16-26)45-35(50)29-12-6-4-5-9-19-39(3,42)38(54)46-31(14-8-11-21-41)36(51)44-30(34(49)43-29)13-7-10-20-40/h4,6,15-18,25,27,29-32,47H,5,7-14,19-24,40-42H2,1-3H3,(H,43,49)(H,44,51)(H,45,50)(H,46,54)(H,52,53)/t27-,29+,30+,31+,32+,39+/m1/s1. The summed E-state index contributed by atoms with van der Waals surface area (Å²) in [5.41, 5.74) is 17.1. The normalized spacial score (nSPS) is 22.8. The summed E-state index contributed by atoms with van der Waals surface area (Å²) in [6.45, 7) is 6.09. The van der Waals surface area contributed by atoms with Crippen molar-refractivity contribution in [3.8, 4) is 5.75 Å². The molecule has 1 heterocycles. The molecule has 0 unspecified atom stereocenters. The molecule has 0 fully saturated rings. The molecule has 1 aliphatic heterocycles. The van der Waals surface area contributed by atoms with Crippen molar-refractivity contribution >= 4 is 35.4 Å². The number of amides is 4. The Hall–Kier alpha value is -4.34. The summed E-state index contributed by atoms with van der Waals surface area (Å²) in [5.74, 6) is -4.90. The number of allylic oxidation sites excluding steroid dienone is 1. The molecule has 1 aliphatic rings. The fourth-order valence-corrected chi connectivity index (χ4v) is 6.28. The molecule has 15 heteroatoms. The van der Waals surface area contributed by atoms with E-state index < -0.39 is 71.0 Å². The topological polar surface area (TPSA) is 269 Å². The number of benzene rings is 1. The number of carboxylic acids is 1. The minimum atomic E-state index is -1.27. The second-order valence-corrected chi connectivity index (χ2v) is 15.0. The van der Waals surface area contributed by atoms with Gasteiger partial charge in [0.2, 0.25) is 23.6 Å². The van der Waals surface area contributed by atoms with Crippen LogP contribution >= 0.6 is 0 Å². The minimum Gasteiger partial charge on any atom is -0.508 e. The number of carboxylic acid groups (broad SMARTS) is 1. The first-order valence-corrected chi connectivity index (χ1v) is 19.2. The molecule has 54 heavy (non-hydrogen) atoms. The van der Waals surface area contributed by atoms with Gasteiger partial charge < -0.3 is 48.7 Å². The average Bonchev–Trinajstić information content (AvgIpc) is 3.11. The van der Waals surface area contributed by atoms with Crippen LogP contribution in [0.25, 0.3) is 0 Å². The van der Waals surface area contributed by atoms with Crippen molar-refractivity contribution in [2.24, 2.45) is 29.0 Å². The monoisotopic (exact) mass is 757 g/mol. The van der Waals surface area contributed by atoms with E-state index in [-0.39, 0.29) is 50.2 Å². The van der Waals surface area contributed by atoms with E-state index >= 15 is 0 Å². The number of nitrogens with one attached hydrogen (secondary N) is 4. The maximum absolute atomic E-state index is 14.0. The lowest BCUT2D eigenvalue weighted by Gasteiger charge is -2.29. The van der Waals surface area contributed by atoms with E-state index in [0.717, 1.165) is 0 Å². The number of nitrogens with two attached hydrogens (primary N) is 3. The second-order valence-electron chi connectivity index (χ2n) is 15.0. The van der Waals surface area contributed by atoms with E-state index in [1.165, 1.54) is 12.1 Å². The van der Waals surface area contributed by atoms with Gasteiger partial charge in [0, 0.05) is 6.42 Å². The van der Waals surface area contributed by atoms with Crippen molar-refractivity contribution in [3.05, 3.63) is 42.0 Å². The number of carbonyl (C=O) groups is 6. The molecule has 0 bridgehead atoms. The third-order valence-corrected chi connectivity index (χ3v) is 9.54. The zero-order valence-electron chi connectivity index (χ0n) is 32.1. The van der Waals surface area contributed by atoms with Gasteiger partial charge in [0.1, 0.15) is 23.9 Å². The number of unbranched alkanes of at least 4 members (excludes halogenated alkanes) is 2. The van der Waals surface area contributed by atoms with Gasteiger partial charge in [-0.25, -0.2) is 0 Å². The molecule has 0 spiro atoms. The summed E-state index contributed by atoms with van der Waals surface area (Å²) in [4.78, 5) is 80.7. The summed E-state index contributed by atoms with van der Waals surface area (Å²) in [7, 11) is 0. The molecule has 1 aromatic rings. The molecule has 15 nitrogen and oxygen atoms in total. The van der Waals surface area contributed by atoms with Crippen LogP contribution < -0.4 is 38.5 Å². The fraction of sp³-hybridized carbons (Fsp3) is 0.641. The molecular weight excluding hydrogens is 694 g/mol. The lowest BCUT2D eigenvalue weighted by molar-refractivity contribution is -0.144. The van der Waals surface area contributed by atoms with Crippen molar-refractivity contribution in [2.75, 3.05) is 13.1 Å². The van der Waals surface area contributed by atoms with Crippen molar-refractivity contribution in [3.63, 3.8) is 0 Å². The van der Waals surface area contributed by atoms with Crippen molar-refractivity contribution in [1.82, 2.24) is 21.3 Å². The summed E-state index contributed by atoms with van der Waals surface area (Å²) in [5, 5.41) is 30.8. The number of hydrogen-bond acceptors (Lipinski definition) is 10. The Balaban J connectivity index is 2.47. The van der Waals surface area contributed by atoms with Crippen molar-refractivity contribution < 1.29 is 39.0 Å². The van der Waals surface area contributed by atoms with E-state index in [0.29, 0.717) is 63.6 Å². The predicted octanol–water partition coefficient (Wildman–Crippen LogP) is 1.69. The van der Waals surface area contributed by atoms with Crippen LogP contribution in [0.3, 0.4) is 0 Å². The largest absolute Gasteiger partial charge is 0.508 e. The zero-order valence-corrected chi connectivity index (χ0v) is 32.1. The molecule has 4 amide bonds. The van der Waals surface area contributed by atoms with Crippen LogP contribution in [0.1, 0.15) is 103 Å². The van der Waals surface area contributed by atoms with Crippen LogP contribution in [-0.2, 0) is 35.2 Å². The first-order chi connectivity index (χ1) is 25.6. The Morgan fingerprint density at radius 2 is 1.50 bits per heavy atom. The second kappa shape index (κ2) is 23.4.